The molecular formula is C19H23N5O2. The van der Waals surface area contributed by atoms with E-state index < -0.39 is 0 Å². The Morgan fingerprint density at radius 1 is 1.23 bits per heavy atom. The second-order valence-electron chi connectivity index (χ2n) is 6.94. The van der Waals surface area contributed by atoms with Gasteiger partial charge in [-0.25, -0.2) is 0 Å². The first-order valence-electron chi connectivity index (χ1n) is 9.12. The summed E-state index contributed by atoms with van der Waals surface area (Å²) in [6.45, 7) is 5.36. The lowest BCUT2D eigenvalue weighted by Gasteiger charge is -2.31. The van der Waals surface area contributed by atoms with Gasteiger partial charge < -0.3 is 9.42 Å². The molecule has 7 nitrogen and oxygen atoms in total. The zero-order valence-corrected chi connectivity index (χ0v) is 15.2. The molecule has 0 aromatic carbocycles. The molecule has 0 aliphatic carbocycles. The Hall–Kier alpha value is -2.70. The molecule has 0 unspecified atom stereocenters. The molecule has 0 N–H and O–H groups in total. The van der Waals surface area contributed by atoms with Crippen LogP contribution in [0, 0.1) is 13.8 Å². The van der Waals surface area contributed by atoms with Crippen LogP contribution < -0.4 is 0 Å². The summed E-state index contributed by atoms with van der Waals surface area (Å²) in [5.41, 5.74) is 2.82. The number of carbonyl (C=O) groups is 1. The highest BCUT2D eigenvalue weighted by Crippen LogP contribution is 2.27. The maximum absolute atomic E-state index is 12.6. The highest BCUT2D eigenvalue weighted by Gasteiger charge is 2.27. The number of aryl methyl sites for hydroxylation is 2. The Balaban J connectivity index is 1.35. The van der Waals surface area contributed by atoms with E-state index in [0.29, 0.717) is 18.8 Å². The molecule has 0 atom stereocenters. The topological polar surface area (TPSA) is 76.5 Å². The van der Waals surface area contributed by atoms with Gasteiger partial charge in [-0.15, -0.1) is 10.2 Å². The highest BCUT2D eigenvalue weighted by molar-refractivity contribution is 5.76. The van der Waals surface area contributed by atoms with Gasteiger partial charge in [0, 0.05) is 37.2 Å². The van der Waals surface area contributed by atoms with Gasteiger partial charge in [-0.3, -0.25) is 9.20 Å². The van der Waals surface area contributed by atoms with Crippen molar-refractivity contribution in [2.24, 2.45) is 0 Å². The Labute approximate surface area is 152 Å². The van der Waals surface area contributed by atoms with Crippen molar-refractivity contribution in [1.29, 1.82) is 0 Å². The van der Waals surface area contributed by atoms with Crippen molar-refractivity contribution >= 4 is 11.6 Å². The van der Waals surface area contributed by atoms with E-state index in [1.807, 2.05) is 43.1 Å². The zero-order chi connectivity index (χ0) is 18.1. The van der Waals surface area contributed by atoms with E-state index in [4.69, 9.17) is 4.52 Å². The standard InChI is InChI=1S/C19H23N5O2/c1-13-16(14(2)26-22-13)6-7-18(25)23-11-8-15(9-12-23)19-21-20-17-5-3-4-10-24(17)19/h3-5,10,15H,6-9,11-12H2,1-2H3. The van der Waals surface area contributed by atoms with Gasteiger partial charge in [0.1, 0.15) is 11.6 Å². The molecular weight excluding hydrogens is 330 g/mol. The Morgan fingerprint density at radius 3 is 2.77 bits per heavy atom. The van der Waals surface area contributed by atoms with Crippen molar-refractivity contribution in [3.63, 3.8) is 0 Å². The summed E-state index contributed by atoms with van der Waals surface area (Å²) in [6, 6.07) is 5.92. The average molecular weight is 353 g/mol. The Bertz CT molecular complexity index is 902. The molecule has 1 aliphatic rings. The monoisotopic (exact) mass is 353 g/mol. The smallest absolute Gasteiger partial charge is 0.222 e. The zero-order valence-electron chi connectivity index (χ0n) is 15.2. The minimum absolute atomic E-state index is 0.203. The first-order valence-corrected chi connectivity index (χ1v) is 9.12. The SMILES string of the molecule is Cc1noc(C)c1CCC(=O)N1CCC(c2nnc3ccccn23)CC1. The number of rotatable bonds is 4. The second kappa shape index (κ2) is 6.90. The maximum atomic E-state index is 12.6. The molecule has 0 bridgehead atoms. The summed E-state index contributed by atoms with van der Waals surface area (Å²) in [4.78, 5) is 14.5. The van der Waals surface area contributed by atoms with Crippen LogP contribution in [-0.4, -0.2) is 43.7 Å². The van der Waals surface area contributed by atoms with Crippen LogP contribution in [-0.2, 0) is 11.2 Å². The van der Waals surface area contributed by atoms with Gasteiger partial charge in [-0.05, 0) is 45.2 Å². The number of piperidine rings is 1. The minimum Gasteiger partial charge on any atom is -0.361 e. The molecule has 1 saturated heterocycles. The number of hydrogen-bond donors (Lipinski definition) is 0. The van der Waals surface area contributed by atoms with E-state index in [1.165, 1.54) is 0 Å². The molecule has 1 amide bonds. The molecule has 0 saturated carbocycles. The first kappa shape index (κ1) is 16.8. The largest absolute Gasteiger partial charge is 0.361 e. The Morgan fingerprint density at radius 2 is 2.04 bits per heavy atom. The molecule has 3 aromatic heterocycles. The first-order chi connectivity index (χ1) is 12.6. The van der Waals surface area contributed by atoms with E-state index in [-0.39, 0.29) is 5.91 Å². The third kappa shape index (κ3) is 3.09. The van der Waals surface area contributed by atoms with E-state index in [1.54, 1.807) is 0 Å². The summed E-state index contributed by atoms with van der Waals surface area (Å²) < 4.78 is 7.23. The second-order valence-corrected chi connectivity index (χ2v) is 6.94. The number of fused-ring (bicyclic) bond motifs is 1. The van der Waals surface area contributed by atoms with Crippen LogP contribution in [0.15, 0.2) is 28.9 Å². The van der Waals surface area contributed by atoms with Crippen LogP contribution in [0.3, 0.4) is 0 Å². The van der Waals surface area contributed by atoms with Crippen LogP contribution in [0.25, 0.3) is 5.65 Å². The maximum Gasteiger partial charge on any atom is 0.222 e. The lowest BCUT2D eigenvalue weighted by Crippen LogP contribution is -2.38. The van der Waals surface area contributed by atoms with Gasteiger partial charge >= 0.3 is 0 Å². The van der Waals surface area contributed by atoms with Crippen LogP contribution in [0.2, 0.25) is 0 Å². The van der Waals surface area contributed by atoms with Gasteiger partial charge in [0.05, 0.1) is 5.69 Å². The highest BCUT2D eigenvalue weighted by atomic mass is 16.5. The van der Waals surface area contributed by atoms with Crippen LogP contribution in [0.1, 0.15) is 48.0 Å². The van der Waals surface area contributed by atoms with E-state index in [2.05, 4.69) is 19.8 Å². The fraction of sp³-hybridized carbons (Fsp3) is 0.474. The van der Waals surface area contributed by atoms with Gasteiger partial charge in [0.25, 0.3) is 0 Å². The predicted octanol–water partition coefficient (Wildman–Crippen LogP) is 2.67. The number of carbonyl (C=O) groups excluding carboxylic acids is 1. The van der Waals surface area contributed by atoms with Gasteiger partial charge in [-0.2, -0.15) is 0 Å². The molecule has 26 heavy (non-hydrogen) atoms. The summed E-state index contributed by atoms with van der Waals surface area (Å²) in [7, 11) is 0. The lowest BCUT2D eigenvalue weighted by molar-refractivity contribution is -0.132. The molecule has 4 heterocycles. The fourth-order valence-electron chi connectivity index (χ4n) is 3.77. The van der Waals surface area contributed by atoms with Crippen LogP contribution in [0.4, 0.5) is 0 Å². The van der Waals surface area contributed by atoms with Crippen molar-refractivity contribution in [2.45, 2.75) is 45.4 Å². The van der Waals surface area contributed by atoms with Gasteiger partial charge in [-0.1, -0.05) is 11.2 Å². The molecule has 4 rings (SSSR count). The predicted molar refractivity (Wildman–Crippen MR) is 95.8 cm³/mol. The summed E-state index contributed by atoms with van der Waals surface area (Å²) in [5.74, 6) is 2.37. The molecule has 136 valence electrons. The normalized spacial score (nSPS) is 15.7. The van der Waals surface area contributed by atoms with Crippen LogP contribution in [0.5, 0.6) is 0 Å². The molecule has 3 aromatic rings. The molecule has 0 spiro atoms. The summed E-state index contributed by atoms with van der Waals surface area (Å²) in [6.07, 6.45) is 5.04. The molecule has 1 aliphatic heterocycles. The summed E-state index contributed by atoms with van der Waals surface area (Å²) in [5, 5.41) is 12.6. The van der Waals surface area contributed by atoms with E-state index in [0.717, 1.165) is 54.4 Å². The number of nitrogens with zero attached hydrogens (tertiary/aromatic N) is 5. The molecule has 1 fully saturated rings. The van der Waals surface area contributed by atoms with E-state index in [9.17, 15) is 4.79 Å². The minimum atomic E-state index is 0.203. The van der Waals surface area contributed by atoms with Crippen molar-refractivity contribution in [3.8, 4) is 0 Å². The van der Waals surface area contributed by atoms with E-state index >= 15 is 0 Å². The summed E-state index contributed by atoms with van der Waals surface area (Å²) >= 11 is 0. The lowest BCUT2D eigenvalue weighted by atomic mass is 9.95. The average Bonchev–Trinajstić information content (AvgIpc) is 3.23. The number of likely N-dealkylation sites (tertiary alicyclic amines) is 1. The number of pyridine rings is 1. The number of amides is 1. The quantitative estimate of drug-likeness (QED) is 0.721. The van der Waals surface area contributed by atoms with Crippen molar-refractivity contribution < 1.29 is 9.32 Å². The van der Waals surface area contributed by atoms with Crippen molar-refractivity contribution in [3.05, 3.63) is 47.2 Å². The number of aromatic nitrogens is 4. The van der Waals surface area contributed by atoms with Crippen molar-refractivity contribution in [2.75, 3.05) is 13.1 Å². The fourth-order valence-corrected chi connectivity index (χ4v) is 3.77. The van der Waals surface area contributed by atoms with Crippen LogP contribution >= 0.6 is 0 Å². The number of hydrogen-bond acceptors (Lipinski definition) is 5. The molecule has 0 radical (unpaired) electrons. The van der Waals surface area contributed by atoms with Gasteiger partial charge in [0.2, 0.25) is 5.91 Å². The van der Waals surface area contributed by atoms with Gasteiger partial charge in [0.15, 0.2) is 5.65 Å². The van der Waals surface area contributed by atoms with Crippen molar-refractivity contribution in [1.82, 2.24) is 24.7 Å². The third-order valence-electron chi connectivity index (χ3n) is 5.32. The third-order valence-corrected chi connectivity index (χ3v) is 5.32. The molecule has 7 heteroatoms. The Kier molecular flexibility index (Phi) is 4.44.